The van der Waals surface area contributed by atoms with E-state index in [1.807, 2.05) is 4.57 Å². The molecule has 0 atom stereocenters. The van der Waals surface area contributed by atoms with E-state index in [1.54, 1.807) is 59.6 Å². The number of carbonyl (C=O) groups excluding carboxylic acids is 1. The maximum atomic E-state index is 13.0. The molecule has 0 N–H and O–H groups in total. The second-order valence-corrected chi connectivity index (χ2v) is 8.56. The largest absolute Gasteiger partial charge is 0.485 e. The average molecular weight is 504 g/mol. The van der Waals surface area contributed by atoms with Crippen molar-refractivity contribution in [3.63, 3.8) is 0 Å². The molecule has 4 aromatic rings. The number of hydrogen-bond donors (Lipinski definition) is 0. The summed E-state index contributed by atoms with van der Waals surface area (Å²) >= 11 is 0. The Morgan fingerprint density at radius 1 is 1.11 bits per heavy atom. The van der Waals surface area contributed by atoms with Gasteiger partial charge in [0.05, 0.1) is 29.2 Å². The van der Waals surface area contributed by atoms with E-state index in [2.05, 4.69) is 16.0 Å². The molecule has 1 fully saturated rings. The first-order valence-corrected chi connectivity index (χ1v) is 11.8. The minimum atomic E-state index is -2.96. The summed E-state index contributed by atoms with van der Waals surface area (Å²) in [7, 11) is 0. The molecule has 0 aliphatic carbocycles. The van der Waals surface area contributed by atoms with Gasteiger partial charge in [0, 0.05) is 30.8 Å². The van der Waals surface area contributed by atoms with Crippen molar-refractivity contribution >= 4 is 22.8 Å². The first kappa shape index (κ1) is 24.2. The van der Waals surface area contributed by atoms with Gasteiger partial charge in [0.1, 0.15) is 29.7 Å². The molecule has 1 saturated heterocycles. The van der Waals surface area contributed by atoms with Crippen molar-refractivity contribution in [2.45, 2.75) is 39.0 Å². The molecule has 37 heavy (non-hydrogen) atoms. The van der Waals surface area contributed by atoms with E-state index < -0.39 is 6.61 Å². The molecule has 0 bridgehead atoms. The van der Waals surface area contributed by atoms with Crippen molar-refractivity contribution in [2.75, 3.05) is 11.4 Å². The second-order valence-electron chi connectivity index (χ2n) is 8.56. The first-order chi connectivity index (χ1) is 18.0. The van der Waals surface area contributed by atoms with Gasteiger partial charge in [-0.15, -0.1) is 0 Å². The average Bonchev–Trinajstić information content (AvgIpc) is 3.25. The molecular weight excluding hydrogens is 480 g/mol. The number of rotatable bonds is 8. The highest BCUT2D eigenvalue weighted by Crippen LogP contribution is 2.27. The van der Waals surface area contributed by atoms with Gasteiger partial charge in [-0.3, -0.25) is 9.69 Å². The van der Waals surface area contributed by atoms with Crippen LogP contribution in [0.5, 0.6) is 11.5 Å². The summed E-state index contributed by atoms with van der Waals surface area (Å²) in [6.45, 7) is -2.10. The molecule has 1 aliphatic heterocycles. The van der Waals surface area contributed by atoms with Crippen LogP contribution in [0.4, 0.5) is 14.6 Å². The molecule has 2 aromatic carbocycles. The normalized spacial score (nSPS) is 13.7. The molecule has 1 aliphatic rings. The highest BCUT2D eigenvalue weighted by atomic mass is 19.3. The van der Waals surface area contributed by atoms with Crippen molar-refractivity contribution in [2.24, 2.45) is 0 Å². The SMILES string of the molecule is N#Cc1ccc2nc(COc3ccnc(N4CCCCC4=O)c3)n(Cc3ccccc3OC(F)F)c2c1. The van der Waals surface area contributed by atoms with Gasteiger partial charge in [-0.1, -0.05) is 18.2 Å². The number of halogens is 2. The van der Waals surface area contributed by atoms with Crippen LogP contribution in [0, 0.1) is 11.3 Å². The fraction of sp³-hybridized carbons (Fsp3) is 0.259. The third-order valence-electron chi connectivity index (χ3n) is 6.16. The molecule has 2 aromatic heterocycles. The summed E-state index contributed by atoms with van der Waals surface area (Å²) in [6, 6.07) is 17.2. The lowest BCUT2D eigenvalue weighted by atomic mass is 10.1. The quantitative estimate of drug-likeness (QED) is 0.334. The zero-order valence-electron chi connectivity index (χ0n) is 19.8. The number of carbonyl (C=O) groups is 1. The summed E-state index contributed by atoms with van der Waals surface area (Å²) in [5.74, 6) is 1.68. The van der Waals surface area contributed by atoms with Gasteiger partial charge in [0.25, 0.3) is 0 Å². The molecule has 0 spiro atoms. The molecule has 0 unspecified atom stereocenters. The van der Waals surface area contributed by atoms with Gasteiger partial charge in [-0.2, -0.15) is 14.0 Å². The molecule has 1 amide bonds. The van der Waals surface area contributed by atoms with Crippen molar-refractivity contribution in [3.05, 3.63) is 77.7 Å². The van der Waals surface area contributed by atoms with E-state index in [0.29, 0.717) is 52.5 Å². The lowest BCUT2D eigenvalue weighted by Crippen LogP contribution is -2.35. The van der Waals surface area contributed by atoms with Crippen LogP contribution >= 0.6 is 0 Å². The smallest absolute Gasteiger partial charge is 0.387 e. The molecule has 188 valence electrons. The highest BCUT2D eigenvalue weighted by Gasteiger charge is 2.21. The summed E-state index contributed by atoms with van der Waals surface area (Å²) in [4.78, 5) is 23.0. The predicted octanol–water partition coefficient (Wildman–Crippen LogP) is 5.05. The molecule has 0 radical (unpaired) electrons. The number of aromatic nitrogens is 3. The van der Waals surface area contributed by atoms with Gasteiger partial charge < -0.3 is 14.0 Å². The molecule has 5 rings (SSSR count). The van der Waals surface area contributed by atoms with E-state index in [1.165, 1.54) is 6.07 Å². The van der Waals surface area contributed by atoms with Crippen molar-refractivity contribution in [1.29, 1.82) is 5.26 Å². The van der Waals surface area contributed by atoms with E-state index in [9.17, 15) is 18.8 Å². The minimum Gasteiger partial charge on any atom is -0.485 e. The monoisotopic (exact) mass is 503 g/mol. The number of fused-ring (bicyclic) bond motifs is 1. The standard InChI is InChI=1S/C27H23F2N5O3/c28-27(29)37-23-6-2-1-5-19(23)16-34-22-13-18(15-30)8-9-21(22)32-25(34)17-36-20-10-11-31-24(14-20)33-12-4-3-7-26(33)35/h1-2,5-6,8-11,13-14,27H,3-4,7,12,16-17H2. The Hall–Kier alpha value is -4.52. The number of pyridine rings is 1. The topological polar surface area (TPSA) is 93.3 Å². The van der Waals surface area contributed by atoms with E-state index in [-0.39, 0.29) is 24.8 Å². The number of benzene rings is 2. The van der Waals surface area contributed by atoms with Crippen molar-refractivity contribution in [1.82, 2.24) is 14.5 Å². The Morgan fingerprint density at radius 3 is 2.78 bits per heavy atom. The van der Waals surface area contributed by atoms with Crippen LogP contribution in [0.2, 0.25) is 0 Å². The number of alkyl halides is 2. The number of amides is 1. The van der Waals surface area contributed by atoms with Gasteiger partial charge in [-0.05, 0) is 43.2 Å². The van der Waals surface area contributed by atoms with E-state index >= 15 is 0 Å². The minimum absolute atomic E-state index is 0.0377. The Labute approximate surface area is 211 Å². The Balaban J connectivity index is 1.45. The van der Waals surface area contributed by atoms with Crippen LogP contribution in [0.3, 0.4) is 0 Å². The van der Waals surface area contributed by atoms with Gasteiger partial charge in [0.15, 0.2) is 0 Å². The Bertz CT molecular complexity index is 1480. The molecule has 10 heteroatoms. The Morgan fingerprint density at radius 2 is 1.97 bits per heavy atom. The van der Waals surface area contributed by atoms with Crippen LogP contribution < -0.4 is 14.4 Å². The summed E-state index contributed by atoms with van der Waals surface area (Å²) in [5.41, 5.74) is 2.28. The van der Waals surface area contributed by atoms with Crippen molar-refractivity contribution < 1.29 is 23.0 Å². The van der Waals surface area contributed by atoms with Gasteiger partial charge >= 0.3 is 6.61 Å². The molecule has 0 saturated carbocycles. The zero-order chi connectivity index (χ0) is 25.8. The Kier molecular flexibility index (Phi) is 6.94. The number of nitriles is 1. The predicted molar refractivity (Wildman–Crippen MR) is 131 cm³/mol. The van der Waals surface area contributed by atoms with E-state index in [0.717, 1.165) is 12.8 Å². The summed E-state index contributed by atoms with van der Waals surface area (Å²) in [6.07, 6.45) is 3.88. The van der Waals surface area contributed by atoms with Crippen LogP contribution in [-0.4, -0.2) is 33.6 Å². The number of piperidine rings is 1. The number of imidazole rings is 1. The number of hydrogen-bond acceptors (Lipinski definition) is 6. The number of anilines is 1. The number of nitrogens with zero attached hydrogens (tertiary/aromatic N) is 5. The zero-order valence-corrected chi connectivity index (χ0v) is 19.8. The third-order valence-corrected chi connectivity index (χ3v) is 6.16. The molecule has 8 nitrogen and oxygen atoms in total. The highest BCUT2D eigenvalue weighted by molar-refractivity contribution is 5.93. The van der Waals surface area contributed by atoms with Gasteiger partial charge in [0.2, 0.25) is 5.91 Å². The van der Waals surface area contributed by atoms with Crippen LogP contribution in [0.15, 0.2) is 60.8 Å². The first-order valence-electron chi connectivity index (χ1n) is 11.8. The molecule has 3 heterocycles. The molecular formula is C27H23F2N5O3. The number of ether oxygens (including phenoxy) is 2. The maximum Gasteiger partial charge on any atom is 0.387 e. The lowest BCUT2D eigenvalue weighted by molar-refractivity contribution is -0.119. The fourth-order valence-electron chi connectivity index (χ4n) is 4.38. The van der Waals surface area contributed by atoms with Crippen LogP contribution in [0.1, 0.15) is 36.2 Å². The van der Waals surface area contributed by atoms with Crippen LogP contribution in [-0.2, 0) is 17.9 Å². The van der Waals surface area contributed by atoms with Crippen molar-refractivity contribution in [3.8, 4) is 17.6 Å². The lowest BCUT2D eigenvalue weighted by Gasteiger charge is -2.25. The summed E-state index contributed by atoms with van der Waals surface area (Å²) in [5, 5.41) is 9.39. The maximum absolute atomic E-state index is 13.0. The third kappa shape index (κ3) is 5.35. The second kappa shape index (κ2) is 10.6. The van der Waals surface area contributed by atoms with Crippen LogP contribution in [0.25, 0.3) is 11.0 Å². The fourth-order valence-corrected chi connectivity index (χ4v) is 4.38. The number of para-hydroxylation sites is 1. The summed E-state index contributed by atoms with van der Waals surface area (Å²) < 4.78 is 38.5. The van der Waals surface area contributed by atoms with Gasteiger partial charge in [-0.25, -0.2) is 9.97 Å². The van der Waals surface area contributed by atoms with E-state index in [4.69, 9.17) is 9.47 Å².